The molecule has 110 valence electrons. The summed E-state index contributed by atoms with van der Waals surface area (Å²) < 4.78 is 26.2. The smallest absolute Gasteiger partial charge is 0.164 e. The lowest BCUT2D eigenvalue weighted by molar-refractivity contribution is 0.0922. The van der Waals surface area contributed by atoms with E-state index >= 15 is 0 Å². The second kappa shape index (κ2) is 6.93. The summed E-state index contributed by atoms with van der Waals surface area (Å²) in [7, 11) is 0. The maximum Gasteiger partial charge on any atom is 0.164 e. The van der Waals surface area contributed by atoms with Crippen LogP contribution in [-0.2, 0) is 0 Å². The number of piperidine rings is 1. The molecule has 0 N–H and O–H groups in total. The number of carbonyl (C=O) groups excluding carboxylic acids is 1. The molecule has 1 aromatic rings. The van der Waals surface area contributed by atoms with E-state index in [0.717, 1.165) is 31.2 Å². The Morgan fingerprint density at radius 2 is 1.95 bits per heavy atom. The first-order valence-corrected chi connectivity index (χ1v) is 7.33. The van der Waals surface area contributed by atoms with Crippen molar-refractivity contribution in [2.75, 3.05) is 13.1 Å². The maximum absolute atomic E-state index is 13.1. The Kier molecular flexibility index (Phi) is 5.24. The third-order valence-corrected chi connectivity index (χ3v) is 4.03. The van der Waals surface area contributed by atoms with Crippen LogP contribution in [-0.4, -0.2) is 29.8 Å². The first-order valence-electron chi connectivity index (χ1n) is 7.33. The van der Waals surface area contributed by atoms with Gasteiger partial charge in [-0.2, -0.15) is 0 Å². The fraction of sp³-hybridized carbons (Fsp3) is 0.562. The zero-order valence-electron chi connectivity index (χ0n) is 11.9. The molecule has 20 heavy (non-hydrogen) atoms. The number of halogens is 2. The van der Waals surface area contributed by atoms with Gasteiger partial charge in [-0.3, -0.25) is 9.69 Å². The number of carbonyl (C=O) groups is 1. The fourth-order valence-corrected chi connectivity index (χ4v) is 2.92. The van der Waals surface area contributed by atoms with Gasteiger partial charge in [-0.25, -0.2) is 8.78 Å². The van der Waals surface area contributed by atoms with E-state index in [-0.39, 0.29) is 11.3 Å². The van der Waals surface area contributed by atoms with Crippen molar-refractivity contribution in [1.29, 1.82) is 0 Å². The minimum Gasteiger partial charge on any atom is -0.300 e. The van der Waals surface area contributed by atoms with E-state index in [1.165, 1.54) is 19.3 Å². The van der Waals surface area contributed by atoms with Crippen LogP contribution >= 0.6 is 0 Å². The van der Waals surface area contributed by atoms with Crippen molar-refractivity contribution < 1.29 is 13.6 Å². The molecule has 2 rings (SSSR count). The molecule has 1 aliphatic heterocycles. The van der Waals surface area contributed by atoms with E-state index in [1.807, 2.05) is 0 Å². The summed E-state index contributed by atoms with van der Waals surface area (Å²) in [5, 5.41) is 0. The predicted molar refractivity (Wildman–Crippen MR) is 74.8 cm³/mol. The number of nitrogens with zero attached hydrogens (tertiary/aromatic N) is 1. The Balaban J connectivity index is 1.94. The third-order valence-electron chi connectivity index (χ3n) is 4.03. The average Bonchev–Trinajstić information content (AvgIpc) is 2.44. The van der Waals surface area contributed by atoms with Gasteiger partial charge in [0.15, 0.2) is 5.78 Å². The average molecular weight is 281 g/mol. The number of rotatable bonds is 5. The standard InChI is InChI=1S/C16H21F2NO/c1-2-15-5-3-4-7-19(15)8-6-16(20)12-9-13(17)11-14(18)10-12/h9-11,15H,2-8H2,1H3. The van der Waals surface area contributed by atoms with Gasteiger partial charge in [-0.15, -0.1) is 0 Å². The van der Waals surface area contributed by atoms with Gasteiger partial charge in [-0.1, -0.05) is 13.3 Å². The van der Waals surface area contributed by atoms with Crippen LogP contribution in [0.4, 0.5) is 8.78 Å². The number of hydrogen-bond acceptors (Lipinski definition) is 2. The molecule has 0 amide bonds. The van der Waals surface area contributed by atoms with Gasteiger partial charge in [0.1, 0.15) is 11.6 Å². The van der Waals surface area contributed by atoms with Crippen LogP contribution in [0.15, 0.2) is 18.2 Å². The molecule has 4 heteroatoms. The lowest BCUT2D eigenvalue weighted by atomic mass is 9.99. The molecule has 0 radical (unpaired) electrons. The van der Waals surface area contributed by atoms with Crippen LogP contribution in [0.5, 0.6) is 0 Å². The second-order valence-electron chi connectivity index (χ2n) is 5.43. The van der Waals surface area contributed by atoms with Gasteiger partial charge in [0.05, 0.1) is 0 Å². The fourth-order valence-electron chi connectivity index (χ4n) is 2.92. The highest BCUT2D eigenvalue weighted by atomic mass is 19.1. The van der Waals surface area contributed by atoms with Gasteiger partial charge in [0.25, 0.3) is 0 Å². The topological polar surface area (TPSA) is 20.3 Å². The molecule has 0 saturated carbocycles. The molecule has 2 nitrogen and oxygen atoms in total. The van der Waals surface area contributed by atoms with Crippen LogP contribution in [0, 0.1) is 11.6 Å². The summed E-state index contributed by atoms with van der Waals surface area (Å²) in [6.07, 6.45) is 5.00. The van der Waals surface area contributed by atoms with Gasteiger partial charge in [0, 0.05) is 30.6 Å². The highest BCUT2D eigenvalue weighted by Gasteiger charge is 2.21. The van der Waals surface area contributed by atoms with Crippen molar-refractivity contribution in [3.8, 4) is 0 Å². The molecule has 0 aromatic heterocycles. The van der Waals surface area contributed by atoms with Crippen molar-refractivity contribution in [3.63, 3.8) is 0 Å². The first kappa shape index (κ1) is 15.1. The second-order valence-corrected chi connectivity index (χ2v) is 5.43. The predicted octanol–water partition coefficient (Wildman–Crippen LogP) is 3.80. The van der Waals surface area contributed by atoms with E-state index in [2.05, 4.69) is 11.8 Å². The molecule has 1 atom stereocenters. The monoisotopic (exact) mass is 281 g/mol. The Morgan fingerprint density at radius 1 is 1.25 bits per heavy atom. The van der Waals surface area contributed by atoms with Crippen molar-refractivity contribution in [2.24, 2.45) is 0 Å². The molecule has 0 aliphatic carbocycles. The lowest BCUT2D eigenvalue weighted by Gasteiger charge is -2.35. The molecule has 0 spiro atoms. The Labute approximate surface area is 118 Å². The highest BCUT2D eigenvalue weighted by molar-refractivity contribution is 5.96. The van der Waals surface area contributed by atoms with Crippen molar-refractivity contribution in [3.05, 3.63) is 35.4 Å². The summed E-state index contributed by atoms with van der Waals surface area (Å²) in [5.41, 5.74) is 0.132. The van der Waals surface area contributed by atoms with Crippen LogP contribution in [0.25, 0.3) is 0 Å². The minimum absolute atomic E-state index is 0.132. The van der Waals surface area contributed by atoms with Gasteiger partial charge in [0.2, 0.25) is 0 Å². The van der Waals surface area contributed by atoms with E-state index in [1.54, 1.807) is 0 Å². The first-order chi connectivity index (χ1) is 9.60. The number of Topliss-reactive ketones (excluding diaryl/α,β-unsaturated/α-hetero) is 1. The van der Waals surface area contributed by atoms with Gasteiger partial charge < -0.3 is 0 Å². The Hall–Kier alpha value is -1.29. The summed E-state index contributed by atoms with van der Waals surface area (Å²) in [6.45, 7) is 3.85. The van der Waals surface area contributed by atoms with E-state index in [9.17, 15) is 13.6 Å². The Morgan fingerprint density at radius 3 is 2.60 bits per heavy atom. The number of hydrogen-bond donors (Lipinski definition) is 0. The van der Waals surface area contributed by atoms with E-state index < -0.39 is 11.6 Å². The molecule has 1 fully saturated rings. The molecule has 1 aliphatic rings. The lowest BCUT2D eigenvalue weighted by Crippen LogP contribution is -2.40. The normalized spacial score (nSPS) is 20.1. The zero-order chi connectivity index (χ0) is 14.5. The summed E-state index contributed by atoms with van der Waals surface area (Å²) in [5.74, 6) is -1.58. The molecular weight excluding hydrogens is 260 g/mol. The van der Waals surface area contributed by atoms with Gasteiger partial charge in [-0.05, 0) is 37.9 Å². The quantitative estimate of drug-likeness (QED) is 0.765. The maximum atomic E-state index is 13.1. The zero-order valence-corrected chi connectivity index (χ0v) is 11.9. The van der Waals surface area contributed by atoms with Crippen LogP contribution in [0.3, 0.4) is 0 Å². The van der Waals surface area contributed by atoms with Crippen LogP contribution in [0.1, 0.15) is 49.4 Å². The molecule has 1 saturated heterocycles. The van der Waals surface area contributed by atoms with Crippen LogP contribution < -0.4 is 0 Å². The molecule has 1 unspecified atom stereocenters. The highest BCUT2D eigenvalue weighted by Crippen LogP contribution is 2.20. The largest absolute Gasteiger partial charge is 0.300 e. The van der Waals surface area contributed by atoms with E-state index in [4.69, 9.17) is 0 Å². The SMILES string of the molecule is CCC1CCCCN1CCC(=O)c1cc(F)cc(F)c1. The molecule has 0 bridgehead atoms. The number of likely N-dealkylation sites (tertiary alicyclic amines) is 1. The van der Waals surface area contributed by atoms with Crippen LogP contribution in [0.2, 0.25) is 0 Å². The van der Waals surface area contributed by atoms with Crippen molar-refractivity contribution in [1.82, 2.24) is 4.90 Å². The number of benzene rings is 1. The third kappa shape index (κ3) is 3.85. The summed E-state index contributed by atoms with van der Waals surface area (Å²) in [4.78, 5) is 14.4. The van der Waals surface area contributed by atoms with Gasteiger partial charge >= 0.3 is 0 Å². The van der Waals surface area contributed by atoms with Crippen molar-refractivity contribution in [2.45, 2.75) is 45.1 Å². The molecule has 1 heterocycles. The molecule has 1 aromatic carbocycles. The van der Waals surface area contributed by atoms with Crippen molar-refractivity contribution >= 4 is 5.78 Å². The number of ketones is 1. The summed E-state index contributed by atoms with van der Waals surface area (Å²) in [6, 6.07) is 3.55. The minimum atomic E-state index is -0.697. The summed E-state index contributed by atoms with van der Waals surface area (Å²) >= 11 is 0. The Bertz CT molecular complexity index is 455. The molecular formula is C16H21F2NO. The van der Waals surface area contributed by atoms with E-state index in [0.29, 0.717) is 19.0 Å².